The highest BCUT2D eigenvalue weighted by atomic mass is 16.5. The van der Waals surface area contributed by atoms with Gasteiger partial charge in [-0.05, 0) is 72.9 Å². The van der Waals surface area contributed by atoms with Crippen LogP contribution in [0.2, 0.25) is 0 Å². The highest BCUT2D eigenvalue weighted by Crippen LogP contribution is 2.24. The number of fused-ring (bicyclic) bond motifs is 1. The molecule has 2 amide bonds. The van der Waals surface area contributed by atoms with Gasteiger partial charge in [-0.25, -0.2) is 0 Å². The smallest absolute Gasteiger partial charge is 0.291 e. The van der Waals surface area contributed by atoms with E-state index in [0.29, 0.717) is 28.6 Å². The Kier molecular flexibility index (Phi) is 6.97. The summed E-state index contributed by atoms with van der Waals surface area (Å²) in [6.07, 6.45) is 1.07. The lowest BCUT2D eigenvalue weighted by molar-refractivity contribution is -0.118. The van der Waals surface area contributed by atoms with Crippen molar-refractivity contribution in [3.63, 3.8) is 0 Å². The lowest BCUT2D eigenvalue weighted by Crippen LogP contribution is -2.20. The molecule has 4 aromatic rings. The standard InChI is InChI=1S/C28H28N2O4/c1-4-18(2)20-9-12-23(13-10-20)33-17-27(31)29-22-11-14-24(19(3)15-22)30-28(32)26-16-21-7-5-6-8-25(21)34-26/h5-16,18H,4,17H2,1-3H3,(H,29,31)(H,30,32)/t18-/m0/s1. The number of carbonyl (C=O) groups is 2. The van der Waals surface area contributed by atoms with E-state index in [1.54, 1.807) is 24.3 Å². The number of ether oxygens (including phenoxy) is 1. The highest BCUT2D eigenvalue weighted by molar-refractivity contribution is 6.05. The van der Waals surface area contributed by atoms with E-state index in [0.717, 1.165) is 17.4 Å². The molecule has 0 aliphatic heterocycles. The number of furan rings is 1. The maximum atomic E-state index is 12.6. The molecule has 4 rings (SSSR count). The lowest BCUT2D eigenvalue weighted by atomic mass is 9.99. The number of amides is 2. The minimum atomic E-state index is -0.330. The summed E-state index contributed by atoms with van der Waals surface area (Å²) < 4.78 is 11.2. The number of hydrogen-bond acceptors (Lipinski definition) is 4. The molecule has 1 atom stereocenters. The zero-order valence-electron chi connectivity index (χ0n) is 19.6. The van der Waals surface area contributed by atoms with Gasteiger partial charge in [0.2, 0.25) is 0 Å². The van der Waals surface area contributed by atoms with Crippen molar-refractivity contribution in [3.8, 4) is 5.75 Å². The van der Waals surface area contributed by atoms with Crippen LogP contribution in [0.15, 0.2) is 77.2 Å². The Morgan fingerprint density at radius 2 is 1.74 bits per heavy atom. The predicted octanol–water partition coefficient (Wildman–Crippen LogP) is 6.52. The van der Waals surface area contributed by atoms with E-state index in [9.17, 15) is 9.59 Å². The van der Waals surface area contributed by atoms with E-state index in [2.05, 4.69) is 24.5 Å². The van der Waals surface area contributed by atoms with Gasteiger partial charge in [0.25, 0.3) is 11.8 Å². The summed E-state index contributed by atoms with van der Waals surface area (Å²) in [6, 6.07) is 22.3. The molecule has 0 saturated heterocycles. The van der Waals surface area contributed by atoms with E-state index >= 15 is 0 Å². The van der Waals surface area contributed by atoms with Gasteiger partial charge in [-0.2, -0.15) is 0 Å². The SMILES string of the molecule is CC[C@H](C)c1ccc(OCC(=O)Nc2ccc(NC(=O)c3cc4ccccc4o3)c(C)c2)cc1. The molecule has 6 nitrogen and oxygen atoms in total. The predicted molar refractivity (Wildman–Crippen MR) is 135 cm³/mol. The molecule has 0 unspecified atom stereocenters. The van der Waals surface area contributed by atoms with Gasteiger partial charge in [0.15, 0.2) is 12.4 Å². The van der Waals surface area contributed by atoms with Crippen molar-refractivity contribution in [2.45, 2.75) is 33.1 Å². The average molecular weight is 457 g/mol. The van der Waals surface area contributed by atoms with Gasteiger partial charge < -0.3 is 19.8 Å². The second-order valence-electron chi connectivity index (χ2n) is 8.35. The van der Waals surface area contributed by atoms with Crippen molar-refractivity contribution in [2.75, 3.05) is 17.2 Å². The van der Waals surface area contributed by atoms with Gasteiger partial charge in [0, 0.05) is 16.8 Å². The molecule has 1 aromatic heterocycles. The number of rotatable bonds is 8. The first-order valence-electron chi connectivity index (χ1n) is 11.4. The van der Waals surface area contributed by atoms with Crippen LogP contribution in [0.1, 0.15) is 47.9 Å². The van der Waals surface area contributed by atoms with Crippen LogP contribution in [0, 0.1) is 6.92 Å². The fourth-order valence-corrected chi connectivity index (χ4v) is 3.63. The van der Waals surface area contributed by atoms with Crippen LogP contribution in [0.4, 0.5) is 11.4 Å². The molecule has 34 heavy (non-hydrogen) atoms. The first kappa shape index (κ1) is 23.1. The third kappa shape index (κ3) is 5.46. The fourth-order valence-electron chi connectivity index (χ4n) is 3.63. The van der Waals surface area contributed by atoms with Crippen molar-refractivity contribution in [1.29, 1.82) is 0 Å². The van der Waals surface area contributed by atoms with Gasteiger partial charge in [-0.1, -0.05) is 44.2 Å². The Labute approximate surface area is 198 Å². The van der Waals surface area contributed by atoms with E-state index in [1.807, 2.05) is 55.5 Å². The van der Waals surface area contributed by atoms with Crippen molar-refractivity contribution in [2.24, 2.45) is 0 Å². The monoisotopic (exact) mass is 456 g/mol. The van der Waals surface area contributed by atoms with Gasteiger partial charge in [-0.15, -0.1) is 0 Å². The van der Waals surface area contributed by atoms with Crippen LogP contribution in [0.5, 0.6) is 5.75 Å². The Morgan fingerprint density at radius 3 is 2.44 bits per heavy atom. The summed E-state index contributed by atoms with van der Waals surface area (Å²) in [5.41, 5.74) is 3.99. The number of benzene rings is 3. The van der Waals surface area contributed by atoms with Crippen molar-refractivity contribution >= 4 is 34.2 Å². The molecular formula is C28H28N2O4. The summed E-state index contributed by atoms with van der Waals surface area (Å²) in [5, 5.41) is 6.56. The summed E-state index contributed by atoms with van der Waals surface area (Å²) in [6.45, 7) is 6.11. The third-order valence-corrected chi connectivity index (χ3v) is 5.84. The highest BCUT2D eigenvalue weighted by Gasteiger charge is 2.14. The quantitative estimate of drug-likeness (QED) is 0.316. The van der Waals surface area contributed by atoms with Crippen molar-refractivity contribution in [3.05, 3.63) is 89.7 Å². The van der Waals surface area contributed by atoms with E-state index in [-0.39, 0.29) is 24.2 Å². The Balaban J connectivity index is 1.32. The van der Waals surface area contributed by atoms with Gasteiger partial charge in [0.1, 0.15) is 11.3 Å². The van der Waals surface area contributed by atoms with Crippen LogP contribution >= 0.6 is 0 Å². The van der Waals surface area contributed by atoms with Gasteiger partial charge >= 0.3 is 0 Å². The van der Waals surface area contributed by atoms with Crippen molar-refractivity contribution in [1.82, 2.24) is 0 Å². The third-order valence-electron chi connectivity index (χ3n) is 5.84. The molecule has 174 valence electrons. The Bertz CT molecular complexity index is 1270. The van der Waals surface area contributed by atoms with Crippen LogP contribution < -0.4 is 15.4 Å². The minimum Gasteiger partial charge on any atom is -0.484 e. The van der Waals surface area contributed by atoms with E-state index in [4.69, 9.17) is 9.15 Å². The topological polar surface area (TPSA) is 80.6 Å². The molecular weight excluding hydrogens is 428 g/mol. The molecule has 6 heteroatoms. The summed E-state index contributed by atoms with van der Waals surface area (Å²) in [7, 11) is 0. The zero-order chi connectivity index (χ0) is 24.1. The summed E-state index contributed by atoms with van der Waals surface area (Å²) in [4.78, 5) is 24.9. The molecule has 0 radical (unpaired) electrons. The lowest BCUT2D eigenvalue weighted by Gasteiger charge is -2.12. The number of hydrogen-bond donors (Lipinski definition) is 2. The molecule has 0 fully saturated rings. The van der Waals surface area contributed by atoms with E-state index in [1.165, 1.54) is 5.56 Å². The van der Waals surface area contributed by atoms with Crippen LogP contribution in [-0.4, -0.2) is 18.4 Å². The summed E-state index contributed by atoms with van der Waals surface area (Å²) in [5.74, 6) is 0.801. The van der Waals surface area contributed by atoms with Crippen LogP contribution in [-0.2, 0) is 4.79 Å². The average Bonchev–Trinajstić information content (AvgIpc) is 3.29. The Morgan fingerprint density at radius 1 is 0.971 bits per heavy atom. The van der Waals surface area contributed by atoms with Gasteiger partial charge in [0.05, 0.1) is 0 Å². The van der Waals surface area contributed by atoms with Gasteiger partial charge in [-0.3, -0.25) is 9.59 Å². The second-order valence-corrected chi connectivity index (χ2v) is 8.35. The molecule has 3 aromatic carbocycles. The zero-order valence-corrected chi connectivity index (χ0v) is 19.6. The van der Waals surface area contributed by atoms with Crippen LogP contribution in [0.3, 0.4) is 0 Å². The molecule has 0 aliphatic carbocycles. The molecule has 0 bridgehead atoms. The number of carbonyl (C=O) groups excluding carboxylic acids is 2. The molecule has 0 saturated carbocycles. The number of para-hydroxylation sites is 1. The molecule has 1 heterocycles. The number of nitrogens with one attached hydrogen (secondary N) is 2. The van der Waals surface area contributed by atoms with E-state index < -0.39 is 0 Å². The molecule has 0 aliphatic rings. The van der Waals surface area contributed by atoms with Crippen molar-refractivity contribution < 1.29 is 18.7 Å². The van der Waals surface area contributed by atoms with Crippen LogP contribution in [0.25, 0.3) is 11.0 Å². The Hall–Kier alpha value is -4.06. The second kappa shape index (κ2) is 10.3. The summed E-state index contributed by atoms with van der Waals surface area (Å²) >= 11 is 0. The molecule has 2 N–H and O–H groups in total. The number of aryl methyl sites for hydroxylation is 1. The minimum absolute atomic E-state index is 0.0910. The molecule has 0 spiro atoms. The normalized spacial score (nSPS) is 11.7. The maximum Gasteiger partial charge on any atom is 0.291 e. The maximum absolute atomic E-state index is 12.6. The largest absolute Gasteiger partial charge is 0.484 e. The first-order chi connectivity index (χ1) is 16.4. The fraction of sp³-hybridized carbons (Fsp3) is 0.214. The number of anilines is 2. The first-order valence-corrected chi connectivity index (χ1v) is 11.4.